The van der Waals surface area contributed by atoms with Crippen LogP contribution in [-0.2, 0) is 38.0 Å². The van der Waals surface area contributed by atoms with Gasteiger partial charge in [0.15, 0.2) is 6.29 Å². The summed E-state index contributed by atoms with van der Waals surface area (Å²) in [6.45, 7) is 8.21. The van der Waals surface area contributed by atoms with Gasteiger partial charge in [0.25, 0.3) is 0 Å². The number of fused-ring (bicyclic) bond motifs is 2. The predicted molar refractivity (Wildman–Crippen MR) is 134 cm³/mol. The Morgan fingerprint density at radius 2 is 1.79 bits per heavy atom. The minimum absolute atomic E-state index is 0.0350. The van der Waals surface area contributed by atoms with Gasteiger partial charge in [-0.15, -0.1) is 0 Å². The van der Waals surface area contributed by atoms with E-state index in [1.807, 2.05) is 33.8 Å². The summed E-state index contributed by atoms with van der Waals surface area (Å²) in [5.41, 5.74) is -0.499. The average molecular weight is 529 g/mol. The molecule has 2 aliphatic carbocycles. The molecule has 6 rings (SSSR count). The summed E-state index contributed by atoms with van der Waals surface area (Å²) in [4.78, 5) is 26.0. The Morgan fingerprint density at radius 1 is 1.00 bits per heavy atom. The van der Waals surface area contributed by atoms with Crippen LogP contribution >= 0.6 is 0 Å². The van der Waals surface area contributed by atoms with Crippen LogP contribution in [0, 0.1) is 10.8 Å². The fourth-order valence-corrected chi connectivity index (χ4v) is 7.36. The molecule has 0 radical (unpaired) electrons. The van der Waals surface area contributed by atoms with E-state index in [9.17, 15) is 14.7 Å². The molecule has 0 aromatic heterocycles. The quantitative estimate of drug-likeness (QED) is 0.288. The number of carbonyl (C=O) groups excluding carboxylic acids is 2. The van der Waals surface area contributed by atoms with Gasteiger partial charge >= 0.3 is 11.9 Å². The van der Waals surface area contributed by atoms with Crippen LogP contribution in [-0.4, -0.2) is 78.8 Å². The number of aliphatic hydroxyl groups is 1. The smallest absolute Gasteiger partial charge is 0.331 e. The molecule has 0 aromatic rings. The van der Waals surface area contributed by atoms with Crippen molar-refractivity contribution in [2.24, 2.45) is 10.8 Å². The van der Waals surface area contributed by atoms with Gasteiger partial charge in [0.1, 0.15) is 36.6 Å². The first-order valence-corrected chi connectivity index (χ1v) is 13.4. The minimum atomic E-state index is -1.09. The summed E-state index contributed by atoms with van der Waals surface area (Å²) in [5, 5.41) is 11.4. The Balaban J connectivity index is 1.40. The highest BCUT2D eigenvalue weighted by atomic mass is 16.7. The van der Waals surface area contributed by atoms with Gasteiger partial charge in [-0.2, -0.15) is 0 Å². The number of epoxide rings is 1. The van der Waals surface area contributed by atoms with Gasteiger partial charge in [-0.25, -0.2) is 9.59 Å². The highest BCUT2D eigenvalue weighted by molar-refractivity contribution is 5.83. The second-order valence-electron chi connectivity index (χ2n) is 11.8. The van der Waals surface area contributed by atoms with Crippen molar-refractivity contribution < 1.29 is 43.1 Å². The van der Waals surface area contributed by atoms with E-state index in [1.165, 1.54) is 17.7 Å². The molecule has 10 atom stereocenters. The molecule has 9 heteroatoms. The van der Waals surface area contributed by atoms with Gasteiger partial charge in [0, 0.05) is 24.0 Å². The zero-order valence-corrected chi connectivity index (χ0v) is 22.3. The van der Waals surface area contributed by atoms with E-state index >= 15 is 0 Å². The van der Waals surface area contributed by atoms with Crippen molar-refractivity contribution in [2.75, 3.05) is 13.2 Å². The summed E-state index contributed by atoms with van der Waals surface area (Å²) < 4.78 is 36.3. The lowest BCUT2D eigenvalue weighted by Crippen LogP contribution is -2.66. The van der Waals surface area contributed by atoms with Crippen molar-refractivity contribution >= 4 is 11.9 Å². The molecule has 6 aliphatic rings. The molecule has 3 saturated heterocycles. The number of hydrogen-bond acceptors (Lipinski definition) is 9. The fraction of sp³-hybridized carbons (Fsp3) is 0.655. The Bertz CT molecular complexity index is 1130. The van der Waals surface area contributed by atoms with Gasteiger partial charge in [0.2, 0.25) is 0 Å². The molecular weight excluding hydrogens is 492 g/mol. The van der Waals surface area contributed by atoms with Crippen molar-refractivity contribution in [2.45, 2.75) is 95.5 Å². The zero-order chi connectivity index (χ0) is 26.9. The van der Waals surface area contributed by atoms with Crippen LogP contribution in [0.4, 0.5) is 0 Å². The molecule has 4 aliphatic heterocycles. The molecule has 1 saturated carbocycles. The van der Waals surface area contributed by atoms with Crippen LogP contribution in [0.15, 0.2) is 47.6 Å². The Labute approximate surface area is 222 Å². The molecule has 0 amide bonds. The minimum Gasteiger partial charge on any atom is -0.462 e. The van der Waals surface area contributed by atoms with Crippen molar-refractivity contribution in [3.05, 3.63) is 47.6 Å². The largest absolute Gasteiger partial charge is 0.462 e. The number of rotatable bonds is 0. The lowest BCUT2D eigenvalue weighted by atomic mass is 9.51. The lowest BCUT2D eigenvalue weighted by Gasteiger charge is -2.58. The standard InChI is InChI=1S/C29H36O9/c1-16-9-10-28-14-33-22(31)12-17(2)13-23-35-18(3)19(36-23)7-5-6-8-21(30)38-25-24(32)26(37-20(28)11-16)29(15-34-29)27(25,28)4/h5-8,11-12,18-20,23-26,32H,9-10,13-15H2,1-4H3/b7-5-,8-6-,17-12-. The van der Waals surface area contributed by atoms with E-state index in [1.54, 1.807) is 12.2 Å². The molecule has 4 bridgehead atoms. The molecule has 2 spiro atoms. The molecule has 1 N–H and O–H groups in total. The van der Waals surface area contributed by atoms with Gasteiger partial charge in [-0.3, -0.25) is 0 Å². The third kappa shape index (κ3) is 3.78. The SMILES string of the molecule is CC1=CC2OC3C(O)C4OC(=O)/C=C\C=C/C5OC(C/C(C)=C\C(=O)OCC2(CC1)C4(C)C31CO1)OC5C. The average Bonchev–Trinajstić information content (AvgIpc) is 3.57. The van der Waals surface area contributed by atoms with Crippen LogP contribution in [0.25, 0.3) is 0 Å². The van der Waals surface area contributed by atoms with E-state index in [2.05, 4.69) is 6.08 Å². The normalized spacial score (nSPS) is 51.4. The summed E-state index contributed by atoms with van der Waals surface area (Å²) in [7, 11) is 0. The first kappa shape index (κ1) is 26.0. The first-order chi connectivity index (χ1) is 18.1. The molecule has 10 unspecified atom stereocenters. The second-order valence-corrected chi connectivity index (χ2v) is 11.8. The maximum atomic E-state index is 13.0. The van der Waals surface area contributed by atoms with Crippen molar-refractivity contribution in [1.82, 2.24) is 0 Å². The van der Waals surface area contributed by atoms with Crippen LogP contribution in [0.2, 0.25) is 0 Å². The molecule has 9 nitrogen and oxygen atoms in total. The van der Waals surface area contributed by atoms with Gasteiger partial charge in [-0.05, 0) is 33.6 Å². The summed E-state index contributed by atoms with van der Waals surface area (Å²) in [6, 6.07) is 0. The fourth-order valence-electron chi connectivity index (χ4n) is 7.36. The second kappa shape index (κ2) is 9.13. The zero-order valence-electron chi connectivity index (χ0n) is 22.3. The third-order valence-electron chi connectivity index (χ3n) is 9.61. The van der Waals surface area contributed by atoms with E-state index in [0.717, 1.165) is 12.0 Å². The van der Waals surface area contributed by atoms with Crippen LogP contribution in [0.3, 0.4) is 0 Å². The molecule has 38 heavy (non-hydrogen) atoms. The lowest BCUT2D eigenvalue weighted by molar-refractivity contribution is -0.232. The number of aliphatic hydroxyl groups excluding tert-OH is 1. The van der Waals surface area contributed by atoms with Gasteiger partial charge in [0.05, 0.1) is 24.2 Å². The van der Waals surface area contributed by atoms with Gasteiger partial charge in [-0.1, -0.05) is 42.4 Å². The summed E-state index contributed by atoms with van der Waals surface area (Å²) in [6.07, 6.45) is 7.78. The monoisotopic (exact) mass is 528 g/mol. The first-order valence-electron chi connectivity index (χ1n) is 13.4. The van der Waals surface area contributed by atoms with Crippen molar-refractivity contribution in [1.29, 1.82) is 0 Å². The predicted octanol–water partition coefficient (Wildman–Crippen LogP) is 2.68. The van der Waals surface area contributed by atoms with Crippen molar-refractivity contribution in [3.8, 4) is 0 Å². The summed E-state index contributed by atoms with van der Waals surface area (Å²) in [5.74, 6) is -1.05. The molecule has 4 heterocycles. The maximum Gasteiger partial charge on any atom is 0.331 e. The highest BCUT2D eigenvalue weighted by Crippen LogP contribution is 2.72. The number of carbonyl (C=O) groups is 2. The Kier molecular flexibility index (Phi) is 6.23. The number of cyclic esters (lactones) is 1. The molecular formula is C29H36O9. The van der Waals surface area contributed by atoms with Crippen LogP contribution in [0.5, 0.6) is 0 Å². The van der Waals surface area contributed by atoms with Crippen molar-refractivity contribution in [3.63, 3.8) is 0 Å². The molecule has 0 aromatic carbocycles. The number of esters is 2. The van der Waals surface area contributed by atoms with E-state index in [0.29, 0.717) is 19.4 Å². The summed E-state index contributed by atoms with van der Waals surface area (Å²) >= 11 is 0. The van der Waals surface area contributed by atoms with Crippen LogP contribution < -0.4 is 0 Å². The number of ether oxygens (including phenoxy) is 6. The van der Waals surface area contributed by atoms with Crippen LogP contribution in [0.1, 0.15) is 47.0 Å². The van der Waals surface area contributed by atoms with Gasteiger partial charge < -0.3 is 33.5 Å². The van der Waals surface area contributed by atoms with E-state index in [-0.39, 0.29) is 18.8 Å². The van der Waals surface area contributed by atoms with E-state index in [4.69, 9.17) is 28.4 Å². The Hall–Kier alpha value is -2.30. The molecule has 206 valence electrons. The van der Waals surface area contributed by atoms with E-state index < -0.39 is 59.1 Å². The number of allylic oxidation sites excluding steroid dienone is 3. The maximum absolute atomic E-state index is 13.0. The number of hydrogen-bond donors (Lipinski definition) is 1. The topological polar surface area (TPSA) is 113 Å². The Morgan fingerprint density at radius 3 is 2.55 bits per heavy atom. The highest BCUT2D eigenvalue weighted by Gasteiger charge is 2.85. The third-order valence-corrected chi connectivity index (χ3v) is 9.61. The molecule has 4 fully saturated rings.